The van der Waals surface area contributed by atoms with E-state index in [2.05, 4.69) is 5.32 Å². The van der Waals surface area contributed by atoms with Gasteiger partial charge in [0.15, 0.2) is 5.78 Å². The third-order valence-corrected chi connectivity index (χ3v) is 4.45. The van der Waals surface area contributed by atoms with E-state index >= 15 is 0 Å². The van der Waals surface area contributed by atoms with Crippen molar-refractivity contribution in [3.8, 4) is 0 Å². The largest absolute Gasteiger partial charge is 0.385 e. The van der Waals surface area contributed by atoms with Crippen LogP contribution in [0.15, 0.2) is 24.3 Å². The van der Waals surface area contributed by atoms with Gasteiger partial charge in [-0.05, 0) is 23.5 Å². The number of amides is 2. The predicted octanol–water partition coefficient (Wildman–Crippen LogP) is 1.47. The van der Waals surface area contributed by atoms with E-state index in [1.54, 1.807) is 24.3 Å². The summed E-state index contributed by atoms with van der Waals surface area (Å²) in [4.78, 5) is 39.4. The molecule has 3 atom stereocenters. The van der Waals surface area contributed by atoms with Crippen molar-refractivity contribution in [3.05, 3.63) is 35.4 Å². The van der Waals surface area contributed by atoms with Crippen molar-refractivity contribution < 1.29 is 23.6 Å². The molecule has 0 aliphatic carbocycles. The van der Waals surface area contributed by atoms with Crippen LogP contribution in [0.1, 0.15) is 48.4 Å². The number of Topliss-reactive ketones (excluding diaryl/α,β-unsaturated/α-hetero) is 1. The van der Waals surface area contributed by atoms with Gasteiger partial charge in [-0.3, -0.25) is 14.4 Å². The molecule has 1 aliphatic rings. The Morgan fingerprint density at radius 2 is 2.04 bits per heavy atom. The molecule has 0 spiro atoms. The number of ketones is 1. The molecule has 0 bridgehead atoms. The zero-order valence-electron chi connectivity index (χ0n) is 18.6. The lowest BCUT2D eigenvalue weighted by atomic mass is 9.94. The minimum Gasteiger partial charge on any atom is -0.385 e. The monoisotopic (exact) mass is 363 g/mol. The summed E-state index contributed by atoms with van der Waals surface area (Å²) < 4.78 is 24.9. The van der Waals surface area contributed by atoms with E-state index in [0.717, 1.165) is 12.5 Å². The second-order valence-corrected chi connectivity index (χ2v) is 6.88. The summed E-state index contributed by atoms with van der Waals surface area (Å²) >= 11 is 0. The number of fused-ring (bicyclic) bond motifs is 1. The van der Waals surface area contributed by atoms with E-state index in [4.69, 9.17) is 4.11 Å². The van der Waals surface area contributed by atoms with E-state index < -0.39 is 47.9 Å². The Labute approximate surface area is 158 Å². The van der Waals surface area contributed by atoms with E-state index in [-0.39, 0.29) is 0 Å². The summed E-state index contributed by atoms with van der Waals surface area (Å²) in [5.74, 6) is -5.41. The Balaban J connectivity index is 2.34. The van der Waals surface area contributed by atoms with Gasteiger partial charge in [-0.25, -0.2) is 0 Å². The lowest BCUT2D eigenvalue weighted by Crippen LogP contribution is -2.43. The molecular weight excluding hydrogens is 332 g/mol. The maximum Gasteiger partial charge on any atom is 0.249 e. The van der Waals surface area contributed by atoms with Crippen molar-refractivity contribution in [1.29, 1.82) is 0 Å². The van der Waals surface area contributed by atoms with E-state index in [9.17, 15) is 19.5 Å². The topological polar surface area (TPSA) is 86.7 Å². The molecule has 2 N–H and O–H groups in total. The zero-order chi connectivity index (χ0) is 22.2. The molecule has 0 fully saturated rings. The van der Waals surface area contributed by atoms with Crippen LogP contribution in [0.3, 0.4) is 0 Å². The van der Waals surface area contributed by atoms with Crippen molar-refractivity contribution in [1.82, 2.24) is 10.2 Å². The van der Waals surface area contributed by atoms with Gasteiger partial charge in [-0.2, -0.15) is 0 Å². The molecule has 2 rings (SSSR count). The molecule has 0 saturated carbocycles. The average molecular weight is 363 g/mol. The highest BCUT2D eigenvalue weighted by Crippen LogP contribution is 2.25. The maximum absolute atomic E-state index is 12.9. The molecule has 2 amide bonds. The van der Waals surface area contributed by atoms with Crippen molar-refractivity contribution in [3.63, 3.8) is 0 Å². The molecule has 6 heteroatoms. The van der Waals surface area contributed by atoms with Crippen LogP contribution in [0.5, 0.6) is 0 Å². The number of carbonyl (C=O) groups is 3. The number of hydrogen-bond acceptors (Lipinski definition) is 4. The minimum absolute atomic E-state index is 0.323. The molecule has 0 aromatic heterocycles. The first-order valence-corrected chi connectivity index (χ1v) is 8.65. The summed E-state index contributed by atoms with van der Waals surface area (Å²) in [6.45, 7) is 4.52. The highest BCUT2D eigenvalue weighted by atomic mass is 16.3. The van der Waals surface area contributed by atoms with Crippen molar-refractivity contribution >= 4 is 17.6 Å². The van der Waals surface area contributed by atoms with Crippen LogP contribution in [-0.2, 0) is 20.8 Å². The molecule has 1 heterocycles. The average Bonchev–Trinajstić information content (AvgIpc) is 2.72. The Hall–Kier alpha value is -2.21. The van der Waals surface area contributed by atoms with Crippen LogP contribution < -0.4 is 5.32 Å². The smallest absolute Gasteiger partial charge is 0.249 e. The Morgan fingerprint density at radius 1 is 1.38 bits per heavy atom. The number of rotatable bonds is 6. The van der Waals surface area contributed by atoms with Crippen LogP contribution >= 0.6 is 0 Å². The summed E-state index contributed by atoms with van der Waals surface area (Å²) in [5, 5.41) is 12.4. The second kappa shape index (κ2) is 8.45. The van der Waals surface area contributed by atoms with Crippen LogP contribution in [0.2, 0.25) is 0 Å². The van der Waals surface area contributed by atoms with Gasteiger partial charge in [-0.15, -0.1) is 0 Å². The van der Waals surface area contributed by atoms with Crippen LogP contribution in [-0.4, -0.2) is 47.3 Å². The number of nitrogens with zero attached hydrogens (tertiary/aromatic N) is 1. The van der Waals surface area contributed by atoms with Gasteiger partial charge in [0.05, 0.1) is 2.74 Å². The van der Waals surface area contributed by atoms with E-state index in [1.807, 2.05) is 0 Å². The van der Waals surface area contributed by atoms with Crippen LogP contribution in [0, 0.1) is 11.8 Å². The third-order valence-electron chi connectivity index (χ3n) is 4.45. The standard InChI is InChI=1S/C20H28N2O4/c1-12(2)18(24)16(23)11-13(3)19(25)21-17-15-8-6-5-7-14(15)9-10-22(4)20(17)26/h5-8,12-13,17-18,24H,9-11H2,1-4H3,(H,21,25)/t13-,17+,18+/m1/s1/i13D,17D,18D. The number of carbonyl (C=O) groups excluding carboxylic acids is 3. The van der Waals surface area contributed by atoms with Crippen LogP contribution in [0.25, 0.3) is 0 Å². The van der Waals surface area contributed by atoms with Crippen molar-refractivity contribution in [2.75, 3.05) is 13.6 Å². The number of benzene rings is 1. The molecular formula is C20H28N2O4. The quantitative estimate of drug-likeness (QED) is 0.801. The Morgan fingerprint density at radius 3 is 2.69 bits per heavy atom. The fourth-order valence-electron chi connectivity index (χ4n) is 2.75. The summed E-state index contributed by atoms with van der Waals surface area (Å²) in [6.07, 6.45) is -2.63. The van der Waals surface area contributed by atoms with Crippen molar-refractivity contribution in [2.45, 2.75) is 45.7 Å². The predicted molar refractivity (Wildman–Crippen MR) is 98.3 cm³/mol. The van der Waals surface area contributed by atoms with E-state index in [1.165, 1.54) is 25.8 Å². The Bertz CT molecular complexity index is 826. The number of aliphatic hydroxyl groups is 1. The first-order valence-electron chi connectivity index (χ1n) is 10.2. The molecule has 0 radical (unpaired) electrons. The summed E-state index contributed by atoms with van der Waals surface area (Å²) in [5.41, 5.74) is 1.06. The highest BCUT2D eigenvalue weighted by molar-refractivity contribution is 5.92. The number of nitrogens with one attached hydrogen (secondary N) is 1. The molecule has 6 nitrogen and oxygen atoms in total. The van der Waals surface area contributed by atoms with Gasteiger partial charge >= 0.3 is 0 Å². The Kier molecular flexibility index (Phi) is 5.20. The summed E-state index contributed by atoms with van der Waals surface area (Å²) in [7, 11) is 1.54. The molecule has 0 unspecified atom stereocenters. The molecule has 1 aromatic rings. The lowest BCUT2D eigenvalue weighted by molar-refractivity contribution is -0.137. The van der Waals surface area contributed by atoms with Gasteiger partial charge in [0.2, 0.25) is 11.8 Å². The maximum atomic E-state index is 12.9. The number of hydrogen-bond donors (Lipinski definition) is 2. The van der Waals surface area contributed by atoms with Gasteiger partial charge < -0.3 is 15.3 Å². The zero-order valence-corrected chi connectivity index (χ0v) is 15.6. The normalized spacial score (nSPS) is 26.5. The summed E-state index contributed by atoms with van der Waals surface area (Å²) in [6, 6.07) is 4.68. The minimum atomic E-state index is -2.42. The van der Waals surface area contributed by atoms with Crippen LogP contribution in [0.4, 0.5) is 0 Å². The first kappa shape index (κ1) is 16.0. The highest BCUT2D eigenvalue weighted by Gasteiger charge is 2.32. The lowest BCUT2D eigenvalue weighted by Gasteiger charge is -2.24. The fraction of sp³-hybridized carbons (Fsp3) is 0.550. The molecule has 26 heavy (non-hydrogen) atoms. The molecule has 1 aliphatic heterocycles. The molecule has 1 aromatic carbocycles. The van der Waals surface area contributed by atoms with Gasteiger partial charge in [-0.1, -0.05) is 45.0 Å². The van der Waals surface area contributed by atoms with Gasteiger partial charge in [0, 0.05) is 27.3 Å². The third kappa shape index (κ3) is 4.49. The second-order valence-electron chi connectivity index (χ2n) is 6.88. The fourth-order valence-corrected chi connectivity index (χ4v) is 2.75. The number of likely N-dealkylation sites (N-methyl/N-ethyl adjacent to an activating group) is 1. The van der Waals surface area contributed by atoms with Gasteiger partial charge in [0.25, 0.3) is 0 Å². The van der Waals surface area contributed by atoms with E-state index in [0.29, 0.717) is 18.5 Å². The molecule has 142 valence electrons. The molecule has 0 saturated heterocycles. The SMILES string of the molecule is [2H][C@@](C)(CC(=O)[C@@]([2H])(O)C(C)C)C(=O)N[C@]1([2H])C(=O)N(C)CCc2ccccc21. The van der Waals surface area contributed by atoms with Gasteiger partial charge in [0.1, 0.15) is 12.1 Å². The van der Waals surface area contributed by atoms with Crippen molar-refractivity contribution in [2.24, 2.45) is 11.8 Å². The first-order chi connectivity index (χ1) is 13.2.